The Morgan fingerprint density at radius 1 is 1.10 bits per heavy atom. The number of carbonyl (C=O) groups is 1. The van der Waals surface area contributed by atoms with Gasteiger partial charge in [0.15, 0.2) is 6.61 Å². The van der Waals surface area contributed by atoms with E-state index in [1.807, 2.05) is 0 Å². The fourth-order valence-electron chi connectivity index (χ4n) is 2.97. The SMILES string of the molecule is N#CCc1ccc(OCC(=O)Nc2ccc3nc(-c4ccc(F)cc4)[nH]c3c2)cc1. The predicted octanol–water partition coefficient (Wildman–Crippen LogP) is 4.45. The Labute approximate surface area is 171 Å². The summed E-state index contributed by atoms with van der Waals surface area (Å²) in [4.78, 5) is 19.9. The Hall–Kier alpha value is -4.18. The van der Waals surface area contributed by atoms with Crippen LogP contribution in [0.15, 0.2) is 66.7 Å². The third-order valence-electron chi connectivity index (χ3n) is 4.46. The third-order valence-corrected chi connectivity index (χ3v) is 4.46. The maximum absolute atomic E-state index is 13.1. The van der Waals surface area contributed by atoms with E-state index in [9.17, 15) is 9.18 Å². The highest BCUT2D eigenvalue weighted by atomic mass is 19.1. The van der Waals surface area contributed by atoms with E-state index >= 15 is 0 Å². The molecule has 0 saturated carbocycles. The molecule has 7 heteroatoms. The first-order valence-electron chi connectivity index (χ1n) is 9.25. The maximum Gasteiger partial charge on any atom is 0.262 e. The lowest BCUT2D eigenvalue weighted by atomic mass is 10.2. The number of hydrogen-bond donors (Lipinski definition) is 2. The van der Waals surface area contributed by atoms with Crippen LogP contribution in [0.2, 0.25) is 0 Å². The van der Waals surface area contributed by atoms with Crippen LogP contribution in [-0.4, -0.2) is 22.5 Å². The molecule has 4 rings (SSSR count). The number of rotatable bonds is 6. The van der Waals surface area contributed by atoms with Crippen molar-refractivity contribution in [1.82, 2.24) is 9.97 Å². The van der Waals surface area contributed by atoms with E-state index in [2.05, 4.69) is 21.4 Å². The second-order valence-corrected chi connectivity index (χ2v) is 6.64. The van der Waals surface area contributed by atoms with E-state index in [4.69, 9.17) is 10.00 Å². The average molecular weight is 400 g/mol. The van der Waals surface area contributed by atoms with Gasteiger partial charge >= 0.3 is 0 Å². The van der Waals surface area contributed by atoms with Crippen molar-refractivity contribution < 1.29 is 13.9 Å². The highest BCUT2D eigenvalue weighted by Gasteiger charge is 2.09. The summed E-state index contributed by atoms with van der Waals surface area (Å²) in [5.74, 6) is 0.574. The predicted molar refractivity (Wildman–Crippen MR) is 111 cm³/mol. The van der Waals surface area contributed by atoms with Crippen molar-refractivity contribution in [2.75, 3.05) is 11.9 Å². The highest BCUT2D eigenvalue weighted by Crippen LogP contribution is 2.23. The van der Waals surface area contributed by atoms with Gasteiger partial charge in [0.05, 0.1) is 23.5 Å². The molecule has 1 heterocycles. The molecule has 0 bridgehead atoms. The smallest absolute Gasteiger partial charge is 0.262 e. The summed E-state index contributed by atoms with van der Waals surface area (Å²) in [6.45, 7) is -0.139. The van der Waals surface area contributed by atoms with Gasteiger partial charge in [-0.25, -0.2) is 9.37 Å². The lowest BCUT2D eigenvalue weighted by molar-refractivity contribution is -0.118. The van der Waals surface area contributed by atoms with Crippen LogP contribution in [0.1, 0.15) is 5.56 Å². The second-order valence-electron chi connectivity index (χ2n) is 6.64. The average Bonchev–Trinajstić information content (AvgIpc) is 3.17. The summed E-state index contributed by atoms with van der Waals surface area (Å²) in [6, 6.07) is 20.5. The molecule has 4 aromatic rings. The number of carbonyl (C=O) groups excluding carboxylic acids is 1. The number of imidazole rings is 1. The Morgan fingerprint density at radius 3 is 2.60 bits per heavy atom. The van der Waals surface area contributed by atoms with Gasteiger partial charge < -0.3 is 15.0 Å². The molecule has 0 saturated heterocycles. The highest BCUT2D eigenvalue weighted by molar-refractivity contribution is 5.94. The topological polar surface area (TPSA) is 90.8 Å². The Morgan fingerprint density at radius 2 is 1.87 bits per heavy atom. The van der Waals surface area contributed by atoms with Gasteiger partial charge in [0, 0.05) is 11.3 Å². The number of halogens is 1. The van der Waals surface area contributed by atoms with Crippen LogP contribution >= 0.6 is 0 Å². The van der Waals surface area contributed by atoms with Gasteiger partial charge in [0.1, 0.15) is 17.4 Å². The number of nitriles is 1. The molecule has 1 aromatic heterocycles. The number of H-pyrrole nitrogens is 1. The lowest BCUT2D eigenvalue weighted by Gasteiger charge is -2.08. The molecule has 6 nitrogen and oxygen atoms in total. The van der Waals surface area contributed by atoms with E-state index in [0.717, 1.165) is 22.2 Å². The summed E-state index contributed by atoms with van der Waals surface area (Å²) in [7, 11) is 0. The van der Waals surface area contributed by atoms with Crippen molar-refractivity contribution >= 4 is 22.6 Å². The van der Waals surface area contributed by atoms with E-state index in [1.54, 1.807) is 54.6 Å². The van der Waals surface area contributed by atoms with Gasteiger partial charge in [0.2, 0.25) is 0 Å². The summed E-state index contributed by atoms with van der Waals surface area (Å²) in [6.07, 6.45) is 0.333. The Balaban J connectivity index is 1.40. The number of fused-ring (bicyclic) bond motifs is 1. The van der Waals surface area contributed by atoms with E-state index in [1.165, 1.54) is 12.1 Å². The molecule has 2 N–H and O–H groups in total. The first-order valence-corrected chi connectivity index (χ1v) is 9.25. The summed E-state index contributed by atoms with van der Waals surface area (Å²) >= 11 is 0. The monoisotopic (exact) mass is 400 g/mol. The number of hydrogen-bond acceptors (Lipinski definition) is 4. The number of nitrogens with zero attached hydrogens (tertiary/aromatic N) is 2. The van der Waals surface area contributed by atoms with Crippen LogP contribution in [0.25, 0.3) is 22.4 Å². The number of nitrogens with one attached hydrogen (secondary N) is 2. The largest absolute Gasteiger partial charge is 0.484 e. The number of aromatic nitrogens is 2. The van der Waals surface area contributed by atoms with Crippen LogP contribution in [-0.2, 0) is 11.2 Å². The second kappa shape index (κ2) is 8.45. The Bertz CT molecular complexity index is 1230. The molecular formula is C23H17FN4O2. The zero-order chi connectivity index (χ0) is 20.9. The van der Waals surface area contributed by atoms with Crippen molar-refractivity contribution in [2.24, 2.45) is 0 Å². The van der Waals surface area contributed by atoms with Crippen molar-refractivity contribution in [2.45, 2.75) is 6.42 Å². The molecule has 0 radical (unpaired) electrons. The molecule has 0 fully saturated rings. The van der Waals surface area contributed by atoms with Gasteiger partial charge in [-0.1, -0.05) is 12.1 Å². The minimum atomic E-state index is -0.305. The number of ether oxygens (including phenoxy) is 1. The van der Waals surface area contributed by atoms with Gasteiger partial charge in [-0.15, -0.1) is 0 Å². The molecule has 0 unspecified atom stereocenters. The van der Waals surface area contributed by atoms with Crippen molar-refractivity contribution in [3.8, 4) is 23.2 Å². The quantitative estimate of drug-likeness (QED) is 0.500. The molecule has 0 aliphatic heterocycles. The number of aromatic amines is 1. The van der Waals surface area contributed by atoms with Crippen LogP contribution in [0, 0.1) is 17.1 Å². The van der Waals surface area contributed by atoms with Gasteiger partial charge in [-0.2, -0.15) is 5.26 Å². The third kappa shape index (κ3) is 4.45. The molecule has 0 atom stereocenters. The standard InChI is InChI=1S/C23H17FN4O2/c24-17-5-3-16(4-6-17)23-27-20-10-7-18(13-21(20)28-23)26-22(29)14-30-19-8-1-15(2-9-19)11-12-25/h1-10,13H,11,14H2,(H,26,29)(H,27,28). The summed E-state index contributed by atoms with van der Waals surface area (Å²) in [5, 5.41) is 11.5. The van der Waals surface area contributed by atoms with Crippen molar-refractivity contribution in [3.63, 3.8) is 0 Å². The van der Waals surface area contributed by atoms with Crippen molar-refractivity contribution in [3.05, 3.63) is 78.1 Å². The number of anilines is 1. The van der Waals surface area contributed by atoms with Crippen LogP contribution in [0.3, 0.4) is 0 Å². The van der Waals surface area contributed by atoms with E-state index < -0.39 is 0 Å². The number of amides is 1. The minimum absolute atomic E-state index is 0.139. The van der Waals surface area contributed by atoms with Crippen LogP contribution < -0.4 is 10.1 Å². The minimum Gasteiger partial charge on any atom is -0.484 e. The normalized spacial score (nSPS) is 10.5. The summed E-state index contributed by atoms with van der Waals surface area (Å²) in [5.41, 5.74) is 3.76. The number of benzene rings is 3. The molecule has 148 valence electrons. The first-order chi connectivity index (χ1) is 14.6. The van der Waals surface area contributed by atoms with E-state index in [0.29, 0.717) is 23.7 Å². The van der Waals surface area contributed by atoms with E-state index in [-0.39, 0.29) is 18.3 Å². The maximum atomic E-state index is 13.1. The molecule has 0 aliphatic carbocycles. The molecule has 0 spiro atoms. The lowest BCUT2D eigenvalue weighted by Crippen LogP contribution is -2.20. The van der Waals surface area contributed by atoms with Crippen molar-refractivity contribution in [1.29, 1.82) is 5.26 Å². The first kappa shape index (κ1) is 19.2. The molecule has 0 aliphatic rings. The molecule has 3 aromatic carbocycles. The van der Waals surface area contributed by atoms with Crippen LogP contribution in [0.4, 0.5) is 10.1 Å². The zero-order valence-electron chi connectivity index (χ0n) is 15.9. The van der Waals surface area contributed by atoms with Gasteiger partial charge in [0.25, 0.3) is 5.91 Å². The fraction of sp³-hybridized carbons (Fsp3) is 0.0870. The van der Waals surface area contributed by atoms with Gasteiger partial charge in [-0.3, -0.25) is 4.79 Å². The fourth-order valence-corrected chi connectivity index (χ4v) is 2.97. The summed E-state index contributed by atoms with van der Waals surface area (Å²) < 4.78 is 18.6. The van der Waals surface area contributed by atoms with Gasteiger partial charge in [-0.05, 0) is 60.2 Å². The Kier molecular flexibility index (Phi) is 5.39. The zero-order valence-corrected chi connectivity index (χ0v) is 15.9. The van der Waals surface area contributed by atoms with Crippen LogP contribution in [0.5, 0.6) is 5.75 Å². The molecule has 30 heavy (non-hydrogen) atoms. The molecule has 1 amide bonds. The molecular weight excluding hydrogens is 383 g/mol.